The third kappa shape index (κ3) is 47.9. The molecule has 0 aliphatic carbocycles. The molecule has 1 unspecified atom stereocenters. The summed E-state index contributed by atoms with van der Waals surface area (Å²) in [5.74, 6) is -2.49. The second kappa shape index (κ2) is 42.3. The highest BCUT2D eigenvalue weighted by Gasteiger charge is 2.12. The maximum Gasteiger partial charge on any atom is 0.306 e. The molecule has 51 heavy (non-hydrogen) atoms. The fraction of sp³-hybridized carbons (Fsp3) is 0.907. The summed E-state index contributed by atoms with van der Waals surface area (Å²) in [4.78, 5) is 43.4. The van der Waals surface area contributed by atoms with Crippen molar-refractivity contribution in [3.8, 4) is 0 Å². The van der Waals surface area contributed by atoms with E-state index in [1.807, 2.05) is 6.92 Å². The van der Waals surface area contributed by atoms with Crippen LogP contribution < -0.4 is 0 Å². The number of carbonyl (C=O) groups is 4. The van der Waals surface area contributed by atoms with E-state index in [2.05, 4.69) is 13.8 Å². The van der Waals surface area contributed by atoms with E-state index in [0.717, 1.165) is 25.7 Å². The van der Waals surface area contributed by atoms with E-state index in [0.29, 0.717) is 12.8 Å². The fourth-order valence-electron chi connectivity index (χ4n) is 6.09. The molecule has 0 aromatic heterocycles. The first kappa shape index (κ1) is 51.0. The van der Waals surface area contributed by atoms with Crippen molar-refractivity contribution >= 4 is 23.9 Å². The average molecular weight is 727 g/mol. The molecule has 0 rings (SSSR count). The zero-order chi connectivity index (χ0) is 38.0. The minimum absolute atomic E-state index is 0.166. The third-order valence-electron chi connectivity index (χ3n) is 9.33. The van der Waals surface area contributed by atoms with Crippen molar-refractivity contribution in [2.24, 2.45) is 0 Å². The van der Waals surface area contributed by atoms with Crippen LogP contribution in [0.4, 0.5) is 0 Å². The van der Waals surface area contributed by atoms with Crippen molar-refractivity contribution in [3.63, 3.8) is 0 Å². The van der Waals surface area contributed by atoms with Gasteiger partial charge in [-0.15, -0.1) is 0 Å². The number of carbonyl (C=O) groups excluding carboxylic acids is 2. The van der Waals surface area contributed by atoms with Gasteiger partial charge in [0.15, 0.2) is 0 Å². The van der Waals surface area contributed by atoms with Crippen LogP contribution in [0.5, 0.6) is 0 Å². The van der Waals surface area contributed by atoms with Crippen LogP contribution >= 0.6 is 0 Å². The Labute approximate surface area is 314 Å². The maximum absolute atomic E-state index is 12.1. The molecule has 0 bridgehead atoms. The number of esters is 2. The lowest BCUT2D eigenvalue weighted by atomic mass is 10.0. The Morgan fingerprint density at radius 1 is 0.392 bits per heavy atom. The molecule has 0 aliphatic heterocycles. The number of hydrogen-bond acceptors (Lipinski definition) is 6. The molecule has 0 heterocycles. The van der Waals surface area contributed by atoms with Crippen LogP contribution in [0, 0.1) is 0 Å². The lowest BCUT2D eigenvalue weighted by Crippen LogP contribution is -2.22. The first-order valence-corrected chi connectivity index (χ1v) is 21.5. The van der Waals surface area contributed by atoms with E-state index in [4.69, 9.17) is 19.7 Å². The Morgan fingerprint density at radius 2 is 0.647 bits per heavy atom. The van der Waals surface area contributed by atoms with E-state index in [9.17, 15) is 19.2 Å². The van der Waals surface area contributed by atoms with Crippen molar-refractivity contribution in [2.75, 3.05) is 6.61 Å². The molecule has 1 atom stereocenters. The fourth-order valence-corrected chi connectivity index (χ4v) is 6.09. The number of ether oxygens (including phenoxy) is 2. The number of carboxylic acid groups (broad SMARTS) is 2. The Morgan fingerprint density at radius 3 is 0.922 bits per heavy atom. The molecule has 0 saturated heterocycles. The molecule has 8 heteroatoms. The van der Waals surface area contributed by atoms with E-state index in [1.54, 1.807) is 0 Å². The van der Waals surface area contributed by atoms with Crippen molar-refractivity contribution in [3.05, 3.63) is 0 Å². The van der Waals surface area contributed by atoms with Crippen LogP contribution in [0.3, 0.4) is 0 Å². The molecular formula is C43H82O8. The highest BCUT2D eigenvalue weighted by atomic mass is 16.6. The van der Waals surface area contributed by atoms with Crippen LogP contribution in [0.1, 0.15) is 239 Å². The van der Waals surface area contributed by atoms with Gasteiger partial charge in [-0.25, -0.2) is 0 Å². The molecule has 0 radical (unpaired) electrons. The van der Waals surface area contributed by atoms with E-state index < -0.39 is 11.9 Å². The normalized spacial score (nSPS) is 11.4. The number of carboxylic acids is 2. The molecule has 0 aliphatic rings. The number of aliphatic carboxylic acids is 2. The lowest BCUT2D eigenvalue weighted by molar-refractivity contribution is -0.158. The minimum Gasteiger partial charge on any atom is -0.481 e. The van der Waals surface area contributed by atoms with Gasteiger partial charge in [-0.1, -0.05) is 194 Å². The van der Waals surface area contributed by atoms with E-state index in [1.165, 1.54) is 167 Å². The van der Waals surface area contributed by atoms with Gasteiger partial charge in [-0.3, -0.25) is 19.2 Å². The maximum atomic E-state index is 12.1. The van der Waals surface area contributed by atoms with Gasteiger partial charge in [0.25, 0.3) is 0 Å². The Hall–Kier alpha value is -2.12. The molecule has 0 saturated carbocycles. The summed E-state index contributed by atoms with van der Waals surface area (Å²) in [5.41, 5.74) is 0. The summed E-state index contributed by atoms with van der Waals surface area (Å²) in [6.07, 6.45) is 39.5. The quantitative estimate of drug-likeness (QED) is 0.0475. The zero-order valence-electron chi connectivity index (χ0n) is 33.7. The minimum atomic E-state index is -1.08. The Bertz CT molecular complexity index is 770. The number of rotatable bonds is 38. The Kier molecular flexibility index (Phi) is 42.3. The second-order valence-electron chi connectivity index (χ2n) is 14.7. The molecule has 2 N–H and O–H groups in total. The standard InChI is InChI=1S/C39H76O4.C4H6O4/c1-4-6-8-10-12-14-16-18-20-22-24-26-28-30-32-34-38(40)42-36-37(3)43-39(41)35-33-31-29-27-25-23-21-19-17-15-13-11-9-7-5-2;5-3(6)1-2-4(7)8/h37H,4-36H2,1-3H3;1-2H2,(H,5,6)(H,7,8). The van der Waals surface area contributed by atoms with Crippen molar-refractivity contribution in [2.45, 2.75) is 245 Å². The van der Waals surface area contributed by atoms with Crippen LogP contribution in [-0.2, 0) is 28.7 Å². The summed E-state index contributed by atoms with van der Waals surface area (Å²) in [6, 6.07) is 0. The molecule has 0 aromatic rings. The van der Waals surface area contributed by atoms with Crippen molar-refractivity contribution in [1.82, 2.24) is 0 Å². The molecule has 0 fully saturated rings. The largest absolute Gasteiger partial charge is 0.481 e. The second-order valence-corrected chi connectivity index (χ2v) is 14.7. The average Bonchev–Trinajstić information content (AvgIpc) is 3.10. The molecule has 0 amide bonds. The Balaban J connectivity index is 0. The van der Waals surface area contributed by atoms with E-state index >= 15 is 0 Å². The van der Waals surface area contributed by atoms with E-state index in [-0.39, 0.29) is 37.5 Å². The molecule has 0 aromatic carbocycles. The van der Waals surface area contributed by atoms with Gasteiger partial charge in [0.2, 0.25) is 0 Å². The molecular weight excluding hydrogens is 644 g/mol. The SMILES string of the molecule is CCCCCCCCCCCCCCCCCC(=O)OCC(C)OC(=O)CCCCCCCCCCCCCCCCC.O=C(O)CCC(=O)O. The van der Waals surface area contributed by atoms with Crippen LogP contribution in [-0.4, -0.2) is 46.8 Å². The van der Waals surface area contributed by atoms with Crippen molar-refractivity contribution in [1.29, 1.82) is 0 Å². The zero-order valence-corrected chi connectivity index (χ0v) is 33.7. The summed E-state index contributed by atoms with van der Waals surface area (Å²) in [5, 5.41) is 15.8. The van der Waals surface area contributed by atoms with Gasteiger partial charge in [0.05, 0.1) is 12.8 Å². The van der Waals surface area contributed by atoms with Crippen LogP contribution in [0.2, 0.25) is 0 Å². The summed E-state index contributed by atoms with van der Waals surface area (Å²) >= 11 is 0. The first-order chi connectivity index (χ1) is 24.7. The van der Waals surface area contributed by atoms with Crippen molar-refractivity contribution < 1.29 is 38.9 Å². The first-order valence-electron chi connectivity index (χ1n) is 21.5. The molecule has 0 spiro atoms. The topological polar surface area (TPSA) is 127 Å². The van der Waals surface area contributed by atoms with Gasteiger partial charge in [-0.05, 0) is 19.8 Å². The number of hydrogen-bond donors (Lipinski definition) is 2. The highest BCUT2D eigenvalue weighted by Crippen LogP contribution is 2.15. The van der Waals surface area contributed by atoms with Gasteiger partial charge >= 0.3 is 23.9 Å². The number of unbranched alkanes of at least 4 members (excludes halogenated alkanes) is 28. The van der Waals surface area contributed by atoms with Gasteiger partial charge in [-0.2, -0.15) is 0 Å². The van der Waals surface area contributed by atoms with Gasteiger partial charge in [0.1, 0.15) is 12.7 Å². The predicted molar refractivity (Wildman–Crippen MR) is 210 cm³/mol. The van der Waals surface area contributed by atoms with Crippen LogP contribution in [0.25, 0.3) is 0 Å². The summed E-state index contributed by atoms with van der Waals surface area (Å²) in [6.45, 7) is 6.53. The monoisotopic (exact) mass is 727 g/mol. The summed E-state index contributed by atoms with van der Waals surface area (Å²) < 4.78 is 10.8. The highest BCUT2D eigenvalue weighted by molar-refractivity contribution is 5.75. The smallest absolute Gasteiger partial charge is 0.306 e. The third-order valence-corrected chi connectivity index (χ3v) is 9.33. The summed E-state index contributed by atoms with van der Waals surface area (Å²) in [7, 11) is 0. The molecule has 8 nitrogen and oxygen atoms in total. The van der Waals surface area contributed by atoms with Gasteiger partial charge < -0.3 is 19.7 Å². The van der Waals surface area contributed by atoms with Gasteiger partial charge in [0, 0.05) is 12.8 Å². The van der Waals surface area contributed by atoms with Crippen LogP contribution in [0.15, 0.2) is 0 Å². The lowest BCUT2D eigenvalue weighted by Gasteiger charge is -2.13. The molecule has 302 valence electrons. The predicted octanol–water partition coefficient (Wildman–Crippen LogP) is 12.9.